The maximum atomic E-state index is 12.7. The molecule has 1 amide bonds. The summed E-state index contributed by atoms with van der Waals surface area (Å²) in [6.45, 7) is 6.68. The highest BCUT2D eigenvalue weighted by Gasteiger charge is 2.23. The summed E-state index contributed by atoms with van der Waals surface area (Å²) in [6.07, 6.45) is -0.313. The van der Waals surface area contributed by atoms with Crippen LogP contribution in [0.5, 0.6) is 5.75 Å². The average molecular weight is 366 g/mol. The minimum absolute atomic E-state index is 0.113. The van der Waals surface area contributed by atoms with E-state index in [0.29, 0.717) is 30.3 Å². The molecule has 1 saturated heterocycles. The first-order valence-electron chi connectivity index (χ1n) is 8.48. The van der Waals surface area contributed by atoms with Crippen molar-refractivity contribution in [3.63, 3.8) is 0 Å². The molecule has 136 valence electrons. The zero-order valence-electron chi connectivity index (χ0n) is 14.5. The predicted octanol–water partition coefficient (Wildman–Crippen LogP) is 2.18. The van der Waals surface area contributed by atoms with E-state index in [1.54, 1.807) is 36.1 Å². The Morgan fingerprint density at radius 1 is 1.36 bits per heavy atom. The van der Waals surface area contributed by atoms with Gasteiger partial charge in [0.05, 0.1) is 25.7 Å². The predicted molar refractivity (Wildman–Crippen MR) is 95.6 cm³/mol. The summed E-state index contributed by atoms with van der Waals surface area (Å²) in [6, 6.07) is 9.02. The van der Waals surface area contributed by atoms with Crippen LogP contribution in [0.25, 0.3) is 0 Å². The lowest BCUT2D eigenvalue weighted by Crippen LogP contribution is -2.46. The second kappa shape index (κ2) is 10.2. The van der Waals surface area contributed by atoms with E-state index >= 15 is 0 Å². The Morgan fingerprint density at radius 2 is 2.04 bits per heavy atom. The van der Waals surface area contributed by atoms with Gasteiger partial charge >= 0.3 is 0 Å². The lowest BCUT2D eigenvalue weighted by Gasteiger charge is -2.31. The van der Waals surface area contributed by atoms with Crippen LogP contribution in [-0.4, -0.2) is 67.7 Å². The Balaban J connectivity index is 1.90. The van der Waals surface area contributed by atoms with Crippen molar-refractivity contribution in [2.45, 2.75) is 19.4 Å². The van der Waals surface area contributed by atoms with Gasteiger partial charge in [0.1, 0.15) is 5.75 Å². The number of amides is 1. The van der Waals surface area contributed by atoms with Gasteiger partial charge < -0.3 is 14.4 Å². The number of hydrogen-bond donors (Lipinski definition) is 0. The molecule has 0 spiro atoms. The SMILES string of the molecule is CC(Oc1ccc(Cl)cc1)C(=O)N(CCC#N)CCN1CCOCC1. The fourth-order valence-corrected chi connectivity index (χ4v) is 2.75. The van der Waals surface area contributed by atoms with E-state index in [2.05, 4.69) is 11.0 Å². The summed E-state index contributed by atoms with van der Waals surface area (Å²) in [5.41, 5.74) is 0. The molecule has 0 bridgehead atoms. The van der Waals surface area contributed by atoms with E-state index in [-0.39, 0.29) is 5.91 Å². The summed E-state index contributed by atoms with van der Waals surface area (Å²) in [4.78, 5) is 16.7. The highest BCUT2D eigenvalue weighted by molar-refractivity contribution is 6.30. The van der Waals surface area contributed by atoms with Gasteiger partial charge in [-0.1, -0.05) is 11.6 Å². The van der Waals surface area contributed by atoms with Crippen LogP contribution < -0.4 is 4.74 Å². The van der Waals surface area contributed by atoms with Crippen molar-refractivity contribution in [1.29, 1.82) is 5.26 Å². The number of carbonyl (C=O) groups excluding carboxylic acids is 1. The van der Waals surface area contributed by atoms with Crippen LogP contribution in [-0.2, 0) is 9.53 Å². The summed E-state index contributed by atoms with van der Waals surface area (Å²) >= 11 is 5.86. The maximum Gasteiger partial charge on any atom is 0.263 e. The number of hydrogen-bond acceptors (Lipinski definition) is 5. The fourth-order valence-electron chi connectivity index (χ4n) is 2.63. The molecule has 1 heterocycles. The molecule has 25 heavy (non-hydrogen) atoms. The molecule has 0 aliphatic carbocycles. The smallest absolute Gasteiger partial charge is 0.263 e. The number of halogens is 1. The number of morpholine rings is 1. The highest BCUT2D eigenvalue weighted by Crippen LogP contribution is 2.17. The Morgan fingerprint density at radius 3 is 2.68 bits per heavy atom. The van der Waals surface area contributed by atoms with E-state index in [1.165, 1.54) is 0 Å². The molecule has 6 nitrogen and oxygen atoms in total. The number of benzene rings is 1. The quantitative estimate of drug-likeness (QED) is 0.706. The summed E-state index contributed by atoms with van der Waals surface area (Å²) in [5.74, 6) is 0.483. The lowest BCUT2D eigenvalue weighted by atomic mass is 10.2. The molecular weight excluding hydrogens is 342 g/mol. The van der Waals surface area contributed by atoms with Gasteiger partial charge in [0, 0.05) is 37.7 Å². The van der Waals surface area contributed by atoms with Crippen LogP contribution >= 0.6 is 11.6 Å². The van der Waals surface area contributed by atoms with Gasteiger partial charge in [-0.3, -0.25) is 9.69 Å². The van der Waals surface area contributed by atoms with Crippen LogP contribution in [0.4, 0.5) is 0 Å². The molecule has 1 aromatic rings. The van der Waals surface area contributed by atoms with Crippen molar-refractivity contribution in [2.24, 2.45) is 0 Å². The Kier molecular flexibility index (Phi) is 7.99. The summed E-state index contributed by atoms with van der Waals surface area (Å²) in [7, 11) is 0. The molecule has 0 N–H and O–H groups in total. The maximum absolute atomic E-state index is 12.7. The molecule has 1 fully saturated rings. The molecule has 1 atom stereocenters. The van der Waals surface area contributed by atoms with E-state index < -0.39 is 6.10 Å². The van der Waals surface area contributed by atoms with Gasteiger partial charge in [0.2, 0.25) is 0 Å². The zero-order chi connectivity index (χ0) is 18.1. The minimum atomic E-state index is -0.621. The van der Waals surface area contributed by atoms with Crippen molar-refractivity contribution < 1.29 is 14.3 Å². The summed E-state index contributed by atoms with van der Waals surface area (Å²) in [5, 5.41) is 9.47. The minimum Gasteiger partial charge on any atom is -0.481 e. The molecule has 1 aromatic carbocycles. The average Bonchev–Trinajstić information content (AvgIpc) is 2.64. The molecule has 7 heteroatoms. The van der Waals surface area contributed by atoms with Crippen molar-refractivity contribution in [3.05, 3.63) is 29.3 Å². The van der Waals surface area contributed by atoms with Crippen LogP contribution in [0, 0.1) is 11.3 Å². The van der Waals surface area contributed by atoms with E-state index in [1.807, 2.05) is 0 Å². The van der Waals surface area contributed by atoms with Gasteiger partial charge in [-0.25, -0.2) is 0 Å². The van der Waals surface area contributed by atoms with Crippen LogP contribution in [0.15, 0.2) is 24.3 Å². The number of nitrogens with zero attached hydrogens (tertiary/aromatic N) is 3. The second-order valence-electron chi connectivity index (χ2n) is 5.90. The van der Waals surface area contributed by atoms with Gasteiger partial charge in [-0.2, -0.15) is 5.26 Å². The van der Waals surface area contributed by atoms with Gasteiger partial charge in [0.25, 0.3) is 5.91 Å². The van der Waals surface area contributed by atoms with Crippen molar-refractivity contribution in [2.75, 3.05) is 45.9 Å². The monoisotopic (exact) mass is 365 g/mol. The largest absolute Gasteiger partial charge is 0.481 e. The highest BCUT2D eigenvalue weighted by atomic mass is 35.5. The number of rotatable bonds is 8. The molecule has 1 aliphatic heterocycles. The molecular formula is C18H24ClN3O3. The molecule has 2 rings (SSSR count). The topological polar surface area (TPSA) is 65.8 Å². The van der Waals surface area contributed by atoms with E-state index in [0.717, 1.165) is 32.8 Å². The molecule has 0 radical (unpaired) electrons. The molecule has 0 saturated carbocycles. The lowest BCUT2D eigenvalue weighted by molar-refractivity contribution is -0.138. The molecule has 1 aliphatic rings. The first kappa shape index (κ1) is 19.5. The van der Waals surface area contributed by atoms with Crippen molar-refractivity contribution in [1.82, 2.24) is 9.80 Å². The van der Waals surface area contributed by atoms with Crippen LogP contribution in [0.3, 0.4) is 0 Å². The standard InChI is InChI=1S/C18H24ClN3O3/c1-15(25-17-5-3-16(19)4-6-17)18(23)22(8-2-7-20)10-9-21-11-13-24-14-12-21/h3-6,15H,2,8-14H2,1H3. The number of carbonyl (C=O) groups is 1. The Hall–Kier alpha value is -1.81. The third-order valence-corrected chi connectivity index (χ3v) is 4.32. The Bertz CT molecular complexity index is 582. The third kappa shape index (κ3) is 6.54. The van der Waals surface area contributed by atoms with Gasteiger partial charge in [0.15, 0.2) is 6.10 Å². The summed E-state index contributed by atoms with van der Waals surface area (Å²) < 4.78 is 11.1. The van der Waals surface area contributed by atoms with Crippen LogP contribution in [0.1, 0.15) is 13.3 Å². The van der Waals surface area contributed by atoms with E-state index in [9.17, 15) is 4.79 Å². The zero-order valence-corrected chi connectivity index (χ0v) is 15.2. The normalized spacial score (nSPS) is 16.0. The first-order valence-corrected chi connectivity index (χ1v) is 8.86. The Labute approximate surface area is 153 Å². The number of ether oxygens (including phenoxy) is 2. The molecule has 0 aromatic heterocycles. The fraction of sp³-hybridized carbons (Fsp3) is 0.556. The number of nitriles is 1. The second-order valence-corrected chi connectivity index (χ2v) is 6.34. The van der Waals surface area contributed by atoms with Crippen LogP contribution in [0.2, 0.25) is 5.02 Å². The van der Waals surface area contributed by atoms with E-state index in [4.69, 9.17) is 26.3 Å². The third-order valence-electron chi connectivity index (χ3n) is 4.07. The van der Waals surface area contributed by atoms with Crippen molar-refractivity contribution in [3.8, 4) is 11.8 Å². The van der Waals surface area contributed by atoms with Gasteiger partial charge in [-0.05, 0) is 31.2 Å². The van der Waals surface area contributed by atoms with Crippen molar-refractivity contribution >= 4 is 17.5 Å². The molecule has 1 unspecified atom stereocenters. The first-order chi connectivity index (χ1) is 12.1. The van der Waals surface area contributed by atoms with Gasteiger partial charge in [-0.15, -0.1) is 0 Å².